The summed E-state index contributed by atoms with van der Waals surface area (Å²) < 4.78 is 0. The fourth-order valence-electron chi connectivity index (χ4n) is 2.83. The van der Waals surface area contributed by atoms with Gasteiger partial charge >= 0.3 is 0 Å². The Kier molecular flexibility index (Phi) is 6.34. The van der Waals surface area contributed by atoms with Crippen molar-refractivity contribution in [2.45, 2.75) is 0 Å². The number of ketones is 1. The Bertz CT molecular complexity index is 1120. The predicted octanol–water partition coefficient (Wildman–Crippen LogP) is 4.78. The monoisotopic (exact) mass is 401 g/mol. The third-order valence-corrected chi connectivity index (χ3v) is 4.38. The lowest BCUT2D eigenvalue weighted by atomic mass is 10.1. The maximum Gasteiger partial charge on any atom is 0.270 e. The lowest BCUT2D eigenvalue weighted by Gasteiger charge is -2.10. The van der Waals surface area contributed by atoms with E-state index in [1.807, 2.05) is 12.1 Å². The molecule has 0 aliphatic rings. The van der Waals surface area contributed by atoms with E-state index in [0.29, 0.717) is 28.1 Å². The van der Waals surface area contributed by atoms with Crippen molar-refractivity contribution < 1.29 is 14.5 Å². The summed E-state index contributed by atoms with van der Waals surface area (Å²) in [5, 5.41) is 16.6. The van der Waals surface area contributed by atoms with Crippen molar-refractivity contribution in [3.8, 4) is 0 Å². The molecule has 2 N–H and O–H groups in total. The van der Waals surface area contributed by atoms with Crippen LogP contribution in [0.1, 0.15) is 26.3 Å². The summed E-state index contributed by atoms with van der Waals surface area (Å²) in [6.07, 6.45) is 2.88. The number of hydrogen-bond donors (Lipinski definition) is 2. The van der Waals surface area contributed by atoms with Crippen LogP contribution in [0.25, 0.3) is 6.08 Å². The summed E-state index contributed by atoms with van der Waals surface area (Å²) in [5.41, 5.74) is 2.75. The number of hydrogen-bond acceptors (Lipinski definition) is 5. The Hall–Kier alpha value is -4.26. The Balaban J connectivity index is 1.68. The summed E-state index contributed by atoms with van der Waals surface area (Å²) in [7, 11) is 1.74. The molecule has 0 heterocycles. The predicted molar refractivity (Wildman–Crippen MR) is 117 cm³/mol. The highest BCUT2D eigenvalue weighted by molar-refractivity contribution is 6.09. The minimum absolute atomic E-state index is 0.0375. The number of nitrogens with one attached hydrogen (secondary N) is 2. The molecule has 7 nitrogen and oxygen atoms in total. The van der Waals surface area contributed by atoms with Crippen LogP contribution in [0.4, 0.5) is 17.1 Å². The van der Waals surface area contributed by atoms with Crippen LogP contribution < -0.4 is 10.6 Å². The van der Waals surface area contributed by atoms with Crippen LogP contribution in [0.3, 0.4) is 0 Å². The molecule has 0 spiro atoms. The zero-order valence-electron chi connectivity index (χ0n) is 16.2. The van der Waals surface area contributed by atoms with E-state index in [4.69, 9.17) is 0 Å². The van der Waals surface area contributed by atoms with E-state index < -0.39 is 4.92 Å². The van der Waals surface area contributed by atoms with Crippen molar-refractivity contribution in [2.75, 3.05) is 17.7 Å². The van der Waals surface area contributed by atoms with E-state index in [-0.39, 0.29) is 17.4 Å². The van der Waals surface area contributed by atoms with E-state index in [1.165, 1.54) is 24.3 Å². The molecule has 0 atom stereocenters. The van der Waals surface area contributed by atoms with Crippen molar-refractivity contribution in [1.82, 2.24) is 0 Å². The standard InChI is InChI=1S/C23H19N3O4/c1-24-21-8-3-2-7-20(21)23(28)25-18-12-10-17(11-13-18)22(27)14-9-16-5-4-6-19(15-16)26(29)30/h2-15,24H,1H3,(H,25,28)/b14-9+. The molecule has 0 saturated heterocycles. The number of non-ortho nitro benzene ring substituents is 1. The molecule has 3 rings (SSSR count). The summed E-state index contributed by atoms with van der Waals surface area (Å²) in [5.74, 6) is -0.510. The van der Waals surface area contributed by atoms with Gasteiger partial charge in [-0.2, -0.15) is 0 Å². The van der Waals surface area contributed by atoms with Gasteiger partial charge in [0.25, 0.3) is 11.6 Å². The molecular weight excluding hydrogens is 382 g/mol. The molecule has 0 aromatic heterocycles. The highest BCUT2D eigenvalue weighted by Crippen LogP contribution is 2.18. The summed E-state index contributed by atoms with van der Waals surface area (Å²) in [6.45, 7) is 0. The SMILES string of the molecule is CNc1ccccc1C(=O)Nc1ccc(C(=O)/C=C/c2cccc([N+](=O)[O-])c2)cc1. The zero-order chi connectivity index (χ0) is 21.5. The molecule has 7 heteroatoms. The quantitative estimate of drug-likeness (QED) is 0.257. The van der Waals surface area contributed by atoms with Gasteiger partial charge in [0, 0.05) is 36.1 Å². The number of nitro groups is 1. The van der Waals surface area contributed by atoms with Gasteiger partial charge in [0.15, 0.2) is 5.78 Å². The van der Waals surface area contributed by atoms with Crippen molar-refractivity contribution >= 4 is 34.8 Å². The van der Waals surface area contributed by atoms with Gasteiger partial charge in [-0.25, -0.2) is 0 Å². The molecule has 150 valence electrons. The largest absolute Gasteiger partial charge is 0.387 e. The first kappa shape index (κ1) is 20.5. The summed E-state index contributed by atoms with van der Waals surface area (Å²) in [6, 6.07) is 19.7. The Labute approximate surface area is 173 Å². The second-order valence-electron chi connectivity index (χ2n) is 6.38. The number of amides is 1. The third-order valence-electron chi connectivity index (χ3n) is 4.38. The van der Waals surface area contributed by atoms with Crippen molar-refractivity contribution in [3.63, 3.8) is 0 Å². The van der Waals surface area contributed by atoms with Crippen LogP contribution >= 0.6 is 0 Å². The van der Waals surface area contributed by atoms with Gasteiger partial charge in [0.05, 0.1) is 10.5 Å². The molecule has 0 radical (unpaired) electrons. The van der Waals surface area contributed by atoms with E-state index in [0.717, 1.165) is 0 Å². The van der Waals surface area contributed by atoms with Crippen LogP contribution in [0.5, 0.6) is 0 Å². The molecule has 0 saturated carbocycles. The number of carbonyl (C=O) groups excluding carboxylic acids is 2. The number of carbonyl (C=O) groups is 2. The number of nitrogens with zero attached hydrogens (tertiary/aromatic N) is 1. The average molecular weight is 401 g/mol. The van der Waals surface area contributed by atoms with Gasteiger partial charge < -0.3 is 10.6 Å². The van der Waals surface area contributed by atoms with Gasteiger partial charge in [-0.05, 0) is 48.0 Å². The summed E-state index contributed by atoms with van der Waals surface area (Å²) >= 11 is 0. The van der Waals surface area contributed by atoms with Gasteiger partial charge in [0.2, 0.25) is 0 Å². The number of rotatable bonds is 7. The first-order valence-electron chi connectivity index (χ1n) is 9.13. The molecule has 0 aliphatic carbocycles. The first-order valence-corrected chi connectivity index (χ1v) is 9.13. The van der Waals surface area contributed by atoms with Gasteiger partial charge in [0.1, 0.15) is 0 Å². The molecule has 0 unspecified atom stereocenters. The molecule has 0 aliphatic heterocycles. The van der Waals surface area contributed by atoms with E-state index >= 15 is 0 Å². The van der Waals surface area contributed by atoms with Crippen LogP contribution in [-0.2, 0) is 0 Å². The van der Waals surface area contributed by atoms with Crippen LogP contribution in [0.2, 0.25) is 0 Å². The van der Waals surface area contributed by atoms with E-state index in [1.54, 1.807) is 55.6 Å². The maximum atomic E-state index is 12.5. The van der Waals surface area contributed by atoms with Crippen molar-refractivity contribution in [2.24, 2.45) is 0 Å². The molecule has 30 heavy (non-hydrogen) atoms. The topological polar surface area (TPSA) is 101 Å². The van der Waals surface area contributed by atoms with Crippen LogP contribution in [0, 0.1) is 10.1 Å². The first-order chi connectivity index (χ1) is 14.5. The number of anilines is 2. The molecular formula is C23H19N3O4. The minimum atomic E-state index is -0.485. The van der Waals surface area contributed by atoms with Gasteiger partial charge in [-0.3, -0.25) is 19.7 Å². The second kappa shape index (κ2) is 9.29. The third kappa shape index (κ3) is 4.96. The Morgan fingerprint density at radius 3 is 2.40 bits per heavy atom. The Morgan fingerprint density at radius 1 is 0.967 bits per heavy atom. The molecule has 0 fully saturated rings. The number of nitro benzene ring substituents is 1. The molecule has 1 amide bonds. The van der Waals surface area contributed by atoms with Crippen molar-refractivity contribution in [1.29, 1.82) is 0 Å². The normalized spacial score (nSPS) is 10.6. The lowest BCUT2D eigenvalue weighted by molar-refractivity contribution is -0.384. The van der Waals surface area contributed by atoms with Crippen LogP contribution in [-0.4, -0.2) is 23.7 Å². The lowest BCUT2D eigenvalue weighted by Crippen LogP contribution is -2.14. The van der Waals surface area contributed by atoms with E-state index in [9.17, 15) is 19.7 Å². The number of para-hydroxylation sites is 1. The van der Waals surface area contributed by atoms with E-state index in [2.05, 4.69) is 10.6 Å². The maximum absolute atomic E-state index is 12.5. The van der Waals surface area contributed by atoms with Gasteiger partial charge in [-0.15, -0.1) is 0 Å². The average Bonchev–Trinajstić information content (AvgIpc) is 2.78. The van der Waals surface area contributed by atoms with Gasteiger partial charge in [-0.1, -0.05) is 30.3 Å². The Morgan fingerprint density at radius 2 is 1.70 bits per heavy atom. The zero-order valence-corrected chi connectivity index (χ0v) is 16.2. The van der Waals surface area contributed by atoms with Crippen LogP contribution in [0.15, 0.2) is 78.9 Å². The highest BCUT2D eigenvalue weighted by atomic mass is 16.6. The smallest absolute Gasteiger partial charge is 0.270 e. The van der Waals surface area contributed by atoms with Crippen molar-refractivity contribution in [3.05, 3.63) is 106 Å². The molecule has 3 aromatic carbocycles. The molecule has 0 bridgehead atoms. The highest BCUT2D eigenvalue weighted by Gasteiger charge is 2.11. The number of allylic oxidation sites excluding steroid dienone is 1. The summed E-state index contributed by atoms with van der Waals surface area (Å²) in [4.78, 5) is 35.2. The minimum Gasteiger partial charge on any atom is -0.387 e. The second-order valence-corrected chi connectivity index (χ2v) is 6.38. The fourth-order valence-corrected chi connectivity index (χ4v) is 2.83. The number of benzene rings is 3. The molecule has 3 aromatic rings. The fraction of sp³-hybridized carbons (Fsp3) is 0.0435.